The lowest BCUT2D eigenvalue weighted by molar-refractivity contribution is -0.153. The van der Waals surface area contributed by atoms with Crippen molar-refractivity contribution in [3.63, 3.8) is 0 Å². The van der Waals surface area contributed by atoms with Crippen LogP contribution in [0.5, 0.6) is 5.75 Å². The van der Waals surface area contributed by atoms with Gasteiger partial charge in [0, 0.05) is 30.1 Å². The average Bonchev–Trinajstić information content (AvgIpc) is 2.50. The molecule has 0 atom stereocenters. The van der Waals surface area contributed by atoms with Crippen molar-refractivity contribution in [3.05, 3.63) is 51.4 Å². The second-order valence-electron chi connectivity index (χ2n) is 5.16. The largest absolute Gasteiger partial charge is 0.483 e. The van der Waals surface area contributed by atoms with Crippen LogP contribution in [0.3, 0.4) is 0 Å². The van der Waals surface area contributed by atoms with Crippen LogP contribution in [0.15, 0.2) is 35.3 Å². The van der Waals surface area contributed by atoms with E-state index in [1.54, 1.807) is 23.9 Å². The molecule has 8 heteroatoms. The molecule has 0 bridgehead atoms. The van der Waals surface area contributed by atoms with Crippen LogP contribution in [0.1, 0.15) is 5.56 Å². The molecule has 0 amide bonds. The highest BCUT2D eigenvalue weighted by Crippen LogP contribution is 2.33. The summed E-state index contributed by atoms with van der Waals surface area (Å²) in [7, 11) is 1.53. The zero-order valence-corrected chi connectivity index (χ0v) is 14.6. The third-order valence-corrected chi connectivity index (χ3v) is 4.09. The highest BCUT2D eigenvalue weighted by Gasteiger charge is 2.29. The summed E-state index contributed by atoms with van der Waals surface area (Å²) in [6, 6.07) is 6.40. The van der Waals surface area contributed by atoms with Crippen LogP contribution in [0.25, 0.3) is 11.1 Å². The number of ether oxygens (including phenoxy) is 1. The molecule has 2 rings (SSSR count). The quantitative estimate of drug-likeness (QED) is 0.768. The van der Waals surface area contributed by atoms with Crippen molar-refractivity contribution < 1.29 is 17.9 Å². The van der Waals surface area contributed by atoms with Gasteiger partial charge in [-0.3, -0.25) is 4.79 Å². The first kappa shape index (κ1) is 18.7. The number of thioether (sulfide) groups is 1. The van der Waals surface area contributed by atoms with Crippen molar-refractivity contribution in [1.82, 2.24) is 4.57 Å². The van der Waals surface area contributed by atoms with Crippen molar-refractivity contribution >= 4 is 23.4 Å². The maximum absolute atomic E-state index is 12.5. The highest BCUT2D eigenvalue weighted by molar-refractivity contribution is 7.97. The van der Waals surface area contributed by atoms with Gasteiger partial charge in [0.2, 0.25) is 0 Å². The molecule has 0 aliphatic heterocycles. The first-order valence-electron chi connectivity index (χ1n) is 6.89. The summed E-state index contributed by atoms with van der Waals surface area (Å²) < 4.78 is 43.6. The minimum Gasteiger partial charge on any atom is -0.483 e. The minimum atomic E-state index is -4.43. The van der Waals surface area contributed by atoms with Gasteiger partial charge >= 0.3 is 6.18 Å². The maximum Gasteiger partial charge on any atom is 0.422 e. The molecule has 1 heterocycles. The normalized spacial score (nSPS) is 11.6. The molecule has 0 aliphatic rings. The van der Waals surface area contributed by atoms with Crippen LogP contribution in [0.2, 0.25) is 5.02 Å². The van der Waals surface area contributed by atoms with E-state index in [2.05, 4.69) is 0 Å². The fourth-order valence-electron chi connectivity index (χ4n) is 2.16. The third kappa shape index (κ3) is 4.70. The lowest BCUT2D eigenvalue weighted by Crippen LogP contribution is -2.20. The second kappa shape index (κ2) is 7.53. The van der Waals surface area contributed by atoms with Gasteiger partial charge in [-0.15, -0.1) is 0 Å². The second-order valence-corrected chi connectivity index (χ2v) is 6.43. The van der Waals surface area contributed by atoms with Crippen molar-refractivity contribution in [1.29, 1.82) is 0 Å². The van der Waals surface area contributed by atoms with E-state index in [1.807, 2.05) is 6.26 Å². The number of pyridine rings is 1. The molecule has 3 nitrogen and oxygen atoms in total. The zero-order chi connectivity index (χ0) is 17.9. The fraction of sp³-hybridized carbons (Fsp3) is 0.312. The number of rotatable bonds is 5. The van der Waals surface area contributed by atoms with Gasteiger partial charge in [-0.05, 0) is 30.0 Å². The fourth-order valence-corrected chi connectivity index (χ4v) is 2.93. The molecule has 0 saturated heterocycles. The van der Waals surface area contributed by atoms with Crippen molar-refractivity contribution in [3.8, 4) is 16.9 Å². The molecule has 0 aliphatic carbocycles. The van der Waals surface area contributed by atoms with Crippen molar-refractivity contribution in [2.75, 3.05) is 12.9 Å². The van der Waals surface area contributed by atoms with E-state index in [1.165, 1.54) is 29.9 Å². The molecule has 0 radical (unpaired) electrons. The molecule has 2 aromatic rings. The van der Waals surface area contributed by atoms with Crippen LogP contribution in [-0.2, 0) is 12.8 Å². The van der Waals surface area contributed by atoms with Gasteiger partial charge in [0.25, 0.3) is 5.56 Å². The number of benzene rings is 1. The van der Waals surface area contributed by atoms with E-state index in [4.69, 9.17) is 16.3 Å². The molecule has 1 aromatic carbocycles. The summed E-state index contributed by atoms with van der Waals surface area (Å²) in [5.74, 6) is 0.790. The van der Waals surface area contributed by atoms with E-state index >= 15 is 0 Å². The number of nitrogens with zero attached hydrogens (tertiary/aromatic N) is 1. The minimum absolute atomic E-state index is 0.00737. The van der Waals surface area contributed by atoms with Crippen LogP contribution in [0.4, 0.5) is 13.2 Å². The van der Waals surface area contributed by atoms with Crippen LogP contribution in [-0.4, -0.2) is 23.6 Å². The summed E-state index contributed by atoms with van der Waals surface area (Å²) in [5, 5.41) is -0.00737. The Morgan fingerprint density at radius 2 is 2.00 bits per heavy atom. The molecule has 130 valence electrons. The zero-order valence-electron chi connectivity index (χ0n) is 13.0. The highest BCUT2D eigenvalue weighted by atomic mass is 35.5. The van der Waals surface area contributed by atoms with Crippen molar-refractivity contribution in [2.45, 2.75) is 11.9 Å². The van der Waals surface area contributed by atoms with Gasteiger partial charge in [0.05, 0.1) is 0 Å². The molecule has 0 unspecified atom stereocenters. The Hall–Kier alpha value is -1.60. The monoisotopic (exact) mass is 377 g/mol. The Balaban J connectivity index is 2.51. The Morgan fingerprint density at radius 1 is 1.29 bits per heavy atom. The van der Waals surface area contributed by atoms with Gasteiger partial charge < -0.3 is 9.30 Å². The summed E-state index contributed by atoms with van der Waals surface area (Å²) in [6.45, 7) is -1.39. The summed E-state index contributed by atoms with van der Waals surface area (Å²) in [5.41, 5.74) is 1.53. The smallest absolute Gasteiger partial charge is 0.422 e. The van der Waals surface area contributed by atoms with Gasteiger partial charge in [0.15, 0.2) is 6.61 Å². The Morgan fingerprint density at radius 3 is 2.58 bits per heavy atom. The van der Waals surface area contributed by atoms with Crippen LogP contribution >= 0.6 is 23.4 Å². The lowest BCUT2D eigenvalue weighted by Gasteiger charge is -2.15. The predicted octanol–water partition coefficient (Wildman–Crippen LogP) is 4.51. The Bertz CT molecular complexity index is 764. The topological polar surface area (TPSA) is 31.2 Å². The summed E-state index contributed by atoms with van der Waals surface area (Å²) in [6.07, 6.45) is -0.986. The molecular formula is C16H15ClF3NO2S. The first-order chi connectivity index (χ1) is 11.2. The van der Waals surface area contributed by atoms with Gasteiger partial charge in [-0.2, -0.15) is 24.9 Å². The predicted molar refractivity (Wildman–Crippen MR) is 90.9 cm³/mol. The van der Waals surface area contributed by atoms with Crippen LogP contribution < -0.4 is 10.3 Å². The van der Waals surface area contributed by atoms with Crippen LogP contribution in [0, 0.1) is 0 Å². The number of alkyl halides is 3. The SMILES string of the molecule is CSCc1ccc(OCC(F)(F)F)c(-c2cc(Cl)c(=O)n(C)c2)c1. The Labute approximate surface area is 146 Å². The third-order valence-electron chi connectivity index (χ3n) is 3.20. The van der Waals surface area contributed by atoms with Gasteiger partial charge in [-0.1, -0.05) is 17.7 Å². The summed E-state index contributed by atoms with van der Waals surface area (Å²) >= 11 is 7.50. The molecule has 24 heavy (non-hydrogen) atoms. The maximum atomic E-state index is 12.5. The number of halogens is 4. The van der Waals surface area contributed by atoms with Gasteiger partial charge in [-0.25, -0.2) is 0 Å². The van der Waals surface area contributed by atoms with Gasteiger partial charge in [0.1, 0.15) is 10.8 Å². The lowest BCUT2D eigenvalue weighted by atomic mass is 10.0. The number of hydrogen-bond acceptors (Lipinski definition) is 3. The van der Waals surface area contributed by atoms with E-state index in [0.717, 1.165) is 5.56 Å². The van der Waals surface area contributed by atoms with Crippen molar-refractivity contribution in [2.24, 2.45) is 7.05 Å². The standard InChI is InChI=1S/C16H15ClF3NO2S/c1-21-7-11(6-13(17)15(21)22)12-5-10(8-24-2)3-4-14(12)23-9-16(18,19)20/h3-7H,8-9H2,1-2H3. The van der Waals surface area contributed by atoms with E-state index in [9.17, 15) is 18.0 Å². The number of aromatic nitrogens is 1. The average molecular weight is 378 g/mol. The molecule has 0 saturated carbocycles. The van der Waals surface area contributed by atoms with E-state index in [0.29, 0.717) is 16.9 Å². The molecule has 0 fully saturated rings. The van der Waals surface area contributed by atoms with E-state index in [-0.39, 0.29) is 16.3 Å². The van der Waals surface area contributed by atoms with E-state index < -0.39 is 12.8 Å². The Kier molecular flexibility index (Phi) is 5.87. The summed E-state index contributed by atoms with van der Waals surface area (Å²) in [4.78, 5) is 11.7. The number of hydrogen-bond donors (Lipinski definition) is 0. The molecule has 1 aromatic heterocycles. The molecular weight excluding hydrogens is 363 g/mol. The molecule has 0 N–H and O–H groups in total. The number of aryl methyl sites for hydroxylation is 1. The first-order valence-corrected chi connectivity index (χ1v) is 8.66. The molecule has 0 spiro atoms.